The predicted octanol–water partition coefficient (Wildman–Crippen LogP) is 4.49. The summed E-state index contributed by atoms with van der Waals surface area (Å²) in [5.74, 6) is 0.700. The van der Waals surface area contributed by atoms with Crippen molar-refractivity contribution in [3.05, 3.63) is 24.3 Å². The van der Waals surface area contributed by atoms with Crippen molar-refractivity contribution in [1.29, 1.82) is 0 Å². The van der Waals surface area contributed by atoms with Crippen LogP contribution in [0.5, 0.6) is 5.75 Å². The zero-order valence-electron chi connectivity index (χ0n) is 6.68. The van der Waals surface area contributed by atoms with E-state index in [9.17, 15) is 0 Å². The van der Waals surface area contributed by atoms with Gasteiger partial charge in [-0.1, -0.05) is 0 Å². The number of rotatable bonds is 2. The van der Waals surface area contributed by atoms with E-state index in [4.69, 9.17) is 49.7 Å². The first-order valence-electron chi connectivity index (χ1n) is 3.33. The van der Waals surface area contributed by atoms with Crippen LogP contribution < -0.4 is 10.0 Å². The standard InChI is InChI=1S/C7H7Cl4OP/c1-12-6-2-4-7(5-3-6)13(8,9,10)11/h2-5H,1H3. The Morgan fingerprint density at radius 1 is 1.00 bits per heavy atom. The van der Waals surface area contributed by atoms with Gasteiger partial charge in [0, 0.05) is 0 Å². The summed E-state index contributed by atoms with van der Waals surface area (Å²) >= 11 is 23.2. The van der Waals surface area contributed by atoms with Crippen LogP contribution in [0.3, 0.4) is 0 Å². The molecule has 0 atom stereocenters. The van der Waals surface area contributed by atoms with Crippen molar-refractivity contribution in [2.24, 2.45) is 0 Å². The van der Waals surface area contributed by atoms with Crippen LogP contribution in [-0.4, -0.2) is 7.11 Å². The molecule has 1 nitrogen and oxygen atoms in total. The molecule has 0 amide bonds. The second-order valence-corrected chi connectivity index (χ2v) is 15.6. The summed E-state index contributed by atoms with van der Waals surface area (Å²) in [6.07, 6.45) is 0. The summed E-state index contributed by atoms with van der Waals surface area (Å²) in [4.78, 5) is 0. The molecule has 0 fully saturated rings. The molecule has 1 rings (SSSR count). The third kappa shape index (κ3) is 3.34. The first kappa shape index (κ1) is 11.7. The zero-order chi connectivity index (χ0) is 10.1. The number of halogens is 4. The Bertz CT molecular complexity index is 293. The fourth-order valence-corrected chi connectivity index (χ4v) is 2.76. The van der Waals surface area contributed by atoms with Crippen LogP contribution in [0.15, 0.2) is 24.3 Å². The van der Waals surface area contributed by atoms with Crippen LogP contribution >= 0.6 is 49.0 Å². The summed E-state index contributed by atoms with van der Waals surface area (Å²) in [5, 5.41) is 0.512. The van der Waals surface area contributed by atoms with Crippen molar-refractivity contribution in [3.8, 4) is 5.75 Å². The third-order valence-electron chi connectivity index (χ3n) is 1.46. The Kier molecular flexibility index (Phi) is 3.27. The molecule has 74 valence electrons. The van der Waals surface area contributed by atoms with Gasteiger partial charge in [0.15, 0.2) is 0 Å². The maximum atomic E-state index is 5.80. The van der Waals surface area contributed by atoms with Crippen LogP contribution in [0.4, 0.5) is 0 Å². The molecule has 1 aromatic carbocycles. The zero-order valence-corrected chi connectivity index (χ0v) is 10.6. The molecule has 0 heterocycles. The quantitative estimate of drug-likeness (QED) is 0.725. The Morgan fingerprint density at radius 2 is 1.46 bits per heavy atom. The second kappa shape index (κ2) is 3.64. The van der Waals surface area contributed by atoms with Crippen molar-refractivity contribution in [1.82, 2.24) is 0 Å². The first-order valence-corrected chi connectivity index (χ1v) is 9.19. The minimum atomic E-state index is -3.70. The molecular formula is C7H7Cl4OP. The molecule has 0 bridgehead atoms. The Morgan fingerprint density at radius 3 is 1.77 bits per heavy atom. The Labute approximate surface area is 96.0 Å². The van der Waals surface area contributed by atoms with Gasteiger partial charge < -0.3 is 0 Å². The van der Waals surface area contributed by atoms with Gasteiger partial charge in [0.2, 0.25) is 0 Å². The van der Waals surface area contributed by atoms with Gasteiger partial charge >= 0.3 is 96.1 Å². The fourth-order valence-electron chi connectivity index (χ4n) is 0.808. The van der Waals surface area contributed by atoms with Crippen LogP contribution in [0.2, 0.25) is 0 Å². The number of ether oxygens (including phenoxy) is 1. The van der Waals surface area contributed by atoms with E-state index < -0.39 is 4.01 Å². The second-order valence-electron chi connectivity index (χ2n) is 2.42. The summed E-state index contributed by atoms with van der Waals surface area (Å²) in [6, 6.07) is 6.70. The van der Waals surface area contributed by atoms with Crippen LogP contribution in [0.25, 0.3) is 0 Å². The topological polar surface area (TPSA) is 9.23 Å². The average Bonchev–Trinajstić information content (AvgIpc) is 2.02. The molecule has 0 aliphatic carbocycles. The van der Waals surface area contributed by atoms with E-state index in [0.717, 1.165) is 0 Å². The first-order chi connectivity index (χ1) is 5.80. The number of hydrogen-bond acceptors (Lipinski definition) is 1. The van der Waals surface area contributed by atoms with Crippen LogP contribution in [-0.2, 0) is 0 Å². The molecule has 0 spiro atoms. The fraction of sp³-hybridized carbons (Fsp3) is 0.143. The molecule has 0 aromatic heterocycles. The van der Waals surface area contributed by atoms with Crippen molar-refractivity contribution < 1.29 is 4.74 Å². The molecule has 6 heteroatoms. The summed E-state index contributed by atoms with van der Waals surface area (Å²) < 4.78 is 1.26. The molecule has 0 aliphatic rings. The van der Waals surface area contributed by atoms with E-state index in [2.05, 4.69) is 0 Å². The third-order valence-corrected chi connectivity index (χ3v) is 4.88. The van der Waals surface area contributed by atoms with E-state index in [-0.39, 0.29) is 0 Å². The normalized spacial score (nSPS) is 14.7. The molecule has 0 aliphatic heterocycles. The van der Waals surface area contributed by atoms with E-state index in [1.807, 2.05) is 0 Å². The molecule has 0 unspecified atom stereocenters. The summed E-state index contributed by atoms with van der Waals surface area (Å²) in [5.41, 5.74) is 0. The van der Waals surface area contributed by atoms with Gasteiger partial charge in [-0.2, -0.15) is 0 Å². The summed E-state index contributed by atoms with van der Waals surface area (Å²) in [7, 11) is 1.57. The van der Waals surface area contributed by atoms with Gasteiger partial charge in [-0.15, -0.1) is 0 Å². The van der Waals surface area contributed by atoms with Crippen molar-refractivity contribution in [2.75, 3.05) is 7.11 Å². The number of hydrogen-bond donors (Lipinski definition) is 0. The van der Waals surface area contributed by atoms with Crippen molar-refractivity contribution >= 4 is 54.3 Å². The molecule has 0 N–H and O–H groups in total. The predicted molar refractivity (Wildman–Crippen MR) is 63.0 cm³/mol. The molecule has 1 aromatic rings. The van der Waals surface area contributed by atoms with Crippen molar-refractivity contribution in [2.45, 2.75) is 0 Å². The van der Waals surface area contributed by atoms with Gasteiger partial charge in [-0.05, 0) is 0 Å². The van der Waals surface area contributed by atoms with E-state index in [1.165, 1.54) is 0 Å². The Hall–Kier alpha value is 0.610. The minimum absolute atomic E-state index is 0.512. The van der Waals surface area contributed by atoms with E-state index in [0.29, 0.717) is 11.1 Å². The van der Waals surface area contributed by atoms with Gasteiger partial charge in [-0.25, -0.2) is 0 Å². The van der Waals surface area contributed by atoms with Crippen LogP contribution in [0.1, 0.15) is 0 Å². The summed E-state index contributed by atoms with van der Waals surface area (Å²) in [6.45, 7) is 0. The number of methoxy groups -OCH3 is 1. The number of benzene rings is 1. The van der Waals surface area contributed by atoms with Gasteiger partial charge in [0.25, 0.3) is 0 Å². The van der Waals surface area contributed by atoms with Crippen molar-refractivity contribution in [3.63, 3.8) is 0 Å². The molecule has 0 radical (unpaired) electrons. The van der Waals surface area contributed by atoms with E-state index >= 15 is 0 Å². The van der Waals surface area contributed by atoms with Gasteiger partial charge in [0.05, 0.1) is 0 Å². The molecule has 13 heavy (non-hydrogen) atoms. The molecule has 0 saturated carbocycles. The van der Waals surface area contributed by atoms with Crippen LogP contribution in [0, 0.1) is 0 Å². The molecule has 0 saturated heterocycles. The van der Waals surface area contributed by atoms with Gasteiger partial charge in [-0.3, -0.25) is 0 Å². The monoisotopic (exact) mass is 278 g/mol. The molecular weight excluding hydrogens is 273 g/mol. The Balaban J connectivity index is 3.07. The van der Waals surface area contributed by atoms with Gasteiger partial charge in [0.1, 0.15) is 0 Å². The maximum absolute atomic E-state index is 5.80. The van der Waals surface area contributed by atoms with E-state index in [1.54, 1.807) is 31.4 Å². The SMILES string of the molecule is COc1ccc(P(Cl)(Cl)(Cl)Cl)cc1. The average molecular weight is 280 g/mol.